The molecule has 0 aliphatic heterocycles. The van der Waals surface area contributed by atoms with Gasteiger partial charge < -0.3 is 10.6 Å². The summed E-state index contributed by atoms with van der Waals surface area (Å²) in [4.78, 5) is 6.56. The van der Waals surface area contributed by atoms with E-state index in [2.05, 4.69) is 30.8 Å². The van der Waals surface area contributed by atoms with Crippen molar-refractivity contribution in [3.8, 4) is 0 Å². The van der Waals surface area contributed by atoms with Gasteiger partial charge in [-0.3, -0.25) is 4.98 Å². The topological polar surface area (TPSA) is 42.1 Å². The summed E-state index contributed by atoms with van der Waals surface area (Å²) in [5.74, 6) is 0.811. The Morgan fingerprint density at radius 3 is 2.81 bits per heavy atom. The number of hydrogen-bond acceptors (Lipinski definition) is 3. The molecule has 4 atom stereocenters. The molecule has 1 fully saturated rings. The predicted molar refractivity (Wildman–Crippen MR) is 84.3 cm³/mol. The van der Waals surface area contributed by atoms with Gasteiger partial charge >= 0.3 is 0 Å². The van der Waals surface area contributed by atoms with Crippen molar-refractivity contribution < 1.29 is 4.39 Å². The Morgan fingerprint density at radius 2 is 2.19 bits per heavy atom. The fraction of sp³-hybridized carbons (Fsp3) is 0.706. The summed E-state index contributed by atoms with van der Waals surface area (Å²) in [5.41, 5.74) is 7.05. The van der Waals surface area contributed by atoms with Crippen LogP contribution in [-0.2, 0) is 0 Å². The highest BCUT2D eigenvalue weighted by Crippen LogP contribution is 2.28. The van der Waals surface area contributed by atoms with Gasteiger partial charge in [-0.25, -0.2) is 4.39 Å². The summed E-state index contributed by atoms with van der Waals surface area (Å²) < 4.78 is 12.9. The van der Waals surface area contributed by atoms with Gasteiger partial charge in [0.2, 0.25) is 0 Å². The second-order valence-corrected chi connectivity index (χ2v) is 6.77. The van der Waals surface area contributed by atoms with Crippen molar-refractivity contribution in [2.24, 2.45) is 17.6 Å². The van der Waals surface area contributed by atoms with E-state index in [1.165, 1.54) is 37.9 Å². The van der Waals surface area contributed by atoms with Crippen molar-refractivity contribution in [2.75, 3.05) is 13.6 Å². The van der Waals surface area contributed by atoms with E-state index in [1.54, 1.807) is 6.07 Å². The minimum Gasteiger partial charge on any atom is -0.322 e. The van der Waals surface area contributed by atoms with Gasteiger partial charge in [0.25, 0.3) is 0 Å². The SMILES string of the molecule is CC1CCCC(N(C)CC(C)C(N)c2ccc(F)cn2)C1. The molecule has 1 aromatic rings. The number of nitrogens with zero attached hydrogens (tertiary/aromatic N) is 2. The van der Waals surface area contributed by atoms with Crippen LogP contribution in [0.4, 0.5) is 4.39 Å². The van der Waals surface area contributed by atoms with Crippen LogP contribution < -0.4 is 5.73 Å². The van der Waals surface area contributed by atoms with Crippen LogP contribution in [0.3, 0.4) is 0 Å². The van der Waals surface area contributed by atoms with Crippen molar-refractivity contribution in [1.82, 2.24) is 9.88 Å². The van der Waals surface area contributed by atoms with Crippen LogP contribution in [0.2, 0.25) is 0 Å². The Morgan fingerprint density at radius 1 is 1.43 bits per heavy atom. The summed E-state index contributed by atoms with van der Waals surface area (Å²) in [6.07, 6.45) is 6.51. The summed E-state index contributed by atoms with van der Waals surface area (Å²) in [7, 11) is 2.20. The summed E-state index contributed by atoms with van der Waals surface area (Å²) >= 11 is 0. The second kappa shape index (κ2) is 7.32. The fourth-order valence-electron chi connectivity index (χ4n) is 3.40. The first kappa shape index (κ1) is 16.4. The minimum atomic E-state index is -0.313. The third-order valence-electron chi connectivity index (χ3n) is 4.81. The zero-order chi connectivity index (χ0) is 15.4. The van der Waals surface area contributed by atoms with Crippen LogP contribution in [0.15, 0.2) is 18.3 Å². The molecule has 4 heteroatoms. The quantitative estimate of drug-likeness (QED) is 0.905. The lowest BCUT2D eigenvalue weighted by Crippen LogP contribution is -2.40. The highest BCUT2D eigenvalue weighted by molar-refractivity contribution is 5.10. The van der Waals surface area contributed by atoms with Crippen LogP contribution in [0.1, 0.15) is 51.3 Å². The number of halogens is 1. The van der Waals surface area contributed by atoms with E-state index in [1.807, 2.05) is 0 Å². The Bertz CT molecular complexity index is 434. The van der Waals surface area contributed by atoms with E-state index < -0.39 is 0 Å². The fourth-order valence-corrected chi connectivity index (χ4v) is 3.40. The van der Waals surface area contributed by atoms with Gasteiger partial charge in [0.1, 0.15) is 5.82 Å². The van der Waals surface area contributed by atoms with Crippen LogP contribution >= 0.6 is 0 Å². The molecule has 118 valence electrons. The smallest absolute Gasteiger partial charge is 0.141 e. The highest BCUT2D eigenvalue weighted by Gasteiger charge is 2.25. The first-order valence-electron chi connectivity index (χ1n) is 8.04. The van der Waals surface area contributed by atoms with Crippen LogP contribution in [-0.4, -0.2) is 29.5 Å². The standard InChI is InChI=1S/C17H28FN3/c1-12-5-4-6-15(9-12)21(3)11-13(2)17(19)16-8-7-14(18)10-20-16/h7-8,10,12-13,15,17H,4-6,9,11,19H2,1-3H3. The third-order valence-corrected chi connectivity index (χ3v) is 4.81. The largest absolute Gasteiger partial charge is 0.322 e. The number of hydrogen-bond donors (Lipinski definition) is 1. The van der Waals surface area contributed by atoms with E-state index >= 15 is 0 Å². The van der Waals surface area contributed by atoms with Gasteiger partial charge in [-0.1, -0.05) is 26.7 Å². The lowest BCUT2D eigenvalue weighted by Gasteiger charge is -2.36. The Hall–Kier alpha value is -1.00. The molecule has 21 heavy (non-hydrogen) atoms. The van der Waals surface area contributed by atoms with Crippen LogP contribution in [0, 0.1) is 17.7 Å². The van der Waals surface area contributed by atoms with E-state index in [-0.39, 0.29) is 11.9 Å². The maximum Gasteiger partial charge on any atom is 0.141 e. The summed E-state index contributed by atoms with van der Waals surface area (Å²) in [6.45, 7) is 5.45. The number of pyridine rings is 1. The number of rotatable bonds is 5. The van der Waals surface area contributed by atoms with Crippen molar-refractivity contribution in [2.45, 2.75) is 51.6 Å². The van der Waals surface area contributed by atoms with E-state index in [0.717, 1.165) is 18.2 Å². The molecule has 0 radical (unpaired) electrons. The Labute approximate surface area is 127 Å². The summed E-state index contributed by atoms with van der Waals surface area (Å²) in [6, 6.07) is 3.65. The minimum absolute atomic E-state index is 0.144. The van der Waals surface area contributed by atoms with Gasteiger partial charge in [-0.15, -0.1) is 0 Å². The lowest BCUT2D eigenvalue weighted by molar-refractivity contribution is 0.140. The van der Waals surface area contributed by atoms with E-state index in [9.17, 15) is 4.39 Å². The molecular weight excluding hydrogens is 265 g/mol. The number of nitrogens with two attached hydrogens (primary N) is 1. The molecule has 1 aromatic heterocycles. The van der Waals surface area contributed by atoms with Crippen molar-refractivity contribution in [3.05, 3.63) is 29.8 Å². The highest BCUT2D eigenvalue weighted by atomic mass is 19.1. The lowest BCUT2D eigenvalue weighted by atomic mass is 9.86. The van der Waals surface area contributed by atoms with Crippen molar-refractivity contribution in [1.29, 1.82) is 0 Å². The van der Waals surface area contributed by atoms with Crippen molar-refractivity contribution in [3.63, 3.8) is 0 Å². The Kier molecular flexibility index (Phi) is 5.71. The molecule has 0 spiro atoms. The molecule has 1 heterocycles. The molecule has 0 saturated heterocycles. The second-order valence-electron chi connectivity index (χ2n) is 6.77. The van der Waals surface area contributed by atoms with E-state index in [4.69, 9.17) is 5.73 Å². The summed E-state index contributed by atoms with van der Waals surface area (Å²) in [5, 5.41) is 0. The normalized spacial score (nSPS) is 25.8. The molecule has 1 aliphatic rings. The van der Waals surface area contributed by atoms with Gasteiger partial charge in [0.05, 0.1) is 17.9 Å². The van der Waals surface area contributed by atoms with Crippen molar-refractivity contribution >= 4 is 0 Å². The van der Waals surface area contributed by atoms with Gasteiger partial charge in [-0.2, -0.15) is 0 Å². The monoisotopic (exact) mass is 293 g/mol. The molecule has 2 rings (SSSR count). The average molecular weight is 293 g/mol. The van der Waals surface area contributed by atoms with Gasteiger partial charge in [-0.05, 0) is 43.9 Å². The molecule has 4 unspecified atom stereocenters. The van der Waals surface area contributed by atoms with E-state index in [0.29, 0.717) is 12.0 Å². The molecule has 0 bridgehead atoms. The van der Waals surface area contributed by atoms with Crippen LogP contribution in [0.25, 0.3) is 0 Å². The third kappa shape index (κ3) is 4.48. The first-order chi connectivity index (χ1) is 9.97. The molecule has 1 aliphatic carbocycles. The number of aromatic nitrogens is 1. The molecule has 2 N–H and O–H groups in total. The molecule has 3 nitrogen and oxygen atoms in total. The maximum absolute atomic E-state index is 12.9. The average Bonchev–Trinajstić information content (AvgIpc) is 2.47. The van der Waals surface area contributed by atoms with Gasteiger partial charge in [0, 0.05) is 12.6 Å². The molecule has 1 saturated carbocycles. The maximum atomic E-state index is 12.9. The Balaban J connectivity index is 1.90. The molecule has 0 amide bonds. The van der Waals surface area contributed by atoms with Crippen LogP contribution in [0.5, 0.6) is 0 Å². The molecule has 0 aromatic carbocycles. The molecular formula is C17H28FN3. The zero-order valence-electron chi connectivity index (χ0n) is 13.4. The predicted octanol–water partition coefficient (Wildman–Crippen LogP) is 3.37. The zero-order valence-corrected chi connectivity index (χ0v) is 13.4. The van der Waals surface area contributed by atoms with Gasteiger partial charge in [0.15, 0.2) is 0 Å². The first-order valence-corrected chi connectivity index (χ1v) is 8.04.